The second kappa shape index (κ2) is 8.47. The molecular weight excluding hydrogens is 314 g/mol. The lowest BCUT2D eigenvalue weighted by molar-refractivity contribution is -0.143. The quantitative estimate of drug-likeness (QED) is 0.273. The van der Waals surface area contributed by atoms with Gasteiger partial charge < -0.3 is 10.1 Å². The maximum atomic E-state index is 11.7. The number of rotatable bonds is 7. The van der Waals surface area contributed by atoms with Crippen LogP contribution in [-0.4, -0.2) is 31.2 Å². The number of pyridine rings is 1. The standard InChI is InChI=1S/C11H14BrN5O2/c1-19-11(18)10(15-3-2-4-16-17-13)8-5-9(12)7-14-6-8/h5-7,10,15H,2-4H2,1H3. The molecule has 0 aliphatic rings. The maximum Gasteiger partial charge on any atom is 0.327 e. The molecule has 0 radical (unpaired) electrons. The molecule has 1 heterocycles. The molecule has 0 spiro atoms. The van der Waals surface area contributed by atoms with Crippen molar-refractivity contribution in [3.63, 3.8) is 0 Å². The molecule has 0 amide bonds. The Bertz CT molecular complexity index is 476. The van der Waals surface area contributed by atoms with Crippen LogP contribution in [0.1, 0.15) is 18.0 Å². The molecular formula is C11H14BrN5O2. The summed E-state index contributed by atoms with van der Waals surface area (Å²) in [5.74, 6) is -0.385. The van der Waals surface area contributed by atoms with Gasteiger partial charge in [-0.3, -0.25) is 4.98 Å². The molecule has 0 aliphatic heterocycles. The third-order valence-corrected chi connectivity index (χ3v) is 2.78. The first-order valence-corrected chi connectivity index (χ1v) is 6.41. The first-order chi connectivity index (χ1) is 9.19. The summed E-state index contributed by atoms with van der Waals surface area (Å²) in [4.78, 5) is 18.4. The van der Waals surface area contributed by atoms with E-state index in [9.17, 15) is 4.79 Å². The Balaban J connectivity index is 2.67. The smallest absolute Gasteiger partial charge is 0.327 e. The van der Waals surface area contributed by atoms with E-state index in [1.165, 1.54) is 7.11 Å². The Hall–Kier alpha value is -1.63. The Morgan fingerprint density at radius 1 is 1.68 bits per heavy atom. The van der Waals surface area contributed by atoms with Crippen molar-refractivity contribution in [2.45, 2.75) is 12.5 Å². The average molecular weight is 328 g/mol. The third-order valence-electron chi connectivity index (χ3n) is 2.34. The van der Waals surface area contributed by atoms with E-state index in [0.717, 1.165) is 4.47 Å². The van der Waals surface area contributed by atoms with Crippen LogP contribution < -0.4 is 5.32 Å². The number of hydrogen-bond donors (Lipinski definition) is 1. The van der Waals surface area contributed by atoms with E-state index >= 15 is 0 Å². The molecule has 19 heavy (non-hydrogen) atoms. The molecule has 0 bridgehead atoms. The SMILES string of the molecule is COC(=O)C(NCCCN=[N+]=[N-])c1cncc(Br)c1. The summed E-state index contributed by atoms with van der Waals surface area (Å²) < 4.78 is 5.55. The monoisotopic (exact) mass is 327 g/mol. The number of carbonyl (C=O) groups is 1. The molecule has 1 aromatic heterocycles. The normalized spacial score (nSPS) is 11.5. The van der Waals surface area contributed by atoms with Crippen molar-refractivity contribution >= 4 is 21.9 Å². The number of hydrogen-bond acceptors (Lipinski definition) is 5. The summed E-state index contributed by atoms with van der Waals surface area (Å²) in [5.41, 5.74) is 8.87. The number of esters is 1. The first-order valence-electron chi connectivity index (χ1n) is 5.61. The van der Waals surface area contributed by atoms with Gasteiger partial charge in [-0.15, -0.1) is 0 Å². The molecule has 1 N–H and O–H groups in total. The Morgan fingerprint density at radius 2 is 2.47 bits per heavy atom. The predicted octanol–water partition coefficient (Wildman–Crippen LogP) is 2.35. The van der Waals surface area contributed by atoms with Gasteiger partial charge in [-0.1, -0.05) is 5.11 Å². The predicted molar refractivity (Wildman–Crippen MR) is 73.3 cm³/mol. The van der Waals surface area contributed by atoms with Crippen molar-refractivity contribution in [1.29, 1.82) is 0 Å². The number of halogens is 1. The fourth-order valence-corrected chi connectivity index (χ4v) is 1.86. The van der Waals surface area contributed by atoms with E-state index in [0.29, 0.717) is 25.1 Å². The molecule has 0 aromatic carbocycles. The molecule has 0 fully saturated rings. The summed E-state index contributed by atoms with van der Waals surface area (Å²) in [6.07, 6.45) is 3.88. The minimum atomic E-state index is -0.582. The maximum absolute atomic E-state index is 11.7. The Labute approximate surface area is 119 Å². The minimum Gasteiger partial charge on any atom is -0.468 e. The molecule has 1 atom stereocenters. The minimum absolute atomic E-state index is 0.383. The van der Waals surface area contributed by atoms with Crippen LogP contribution >= 0.6 is 15.9 Å². The largest absolute Gasteiger partial charge is 0.468 e. The van der Waals surface area contributed by atoms with Crippen molar-refractivity contribution in [2.75, 3.05) is 20.2 Å². The molecule has 0 aliphatic carbocycles. The number of nitrogens with zero attached hydrogens (tertiary/aromatic N) is 4. The molecule has 0 saturated carbocycles. The van der Waals surface area contributed by atoms with Crippen LogP contribution in [0.15, 0.2) is 28.0 Å². The molecule has 1 aromatic rings. The van der Waals surface area contributed by atoms with Crippen LogP contribution in [0.2, 0.25) is 0 Å². The van der Waals surface area contributed by atoms with Crippen molar-refractivity contribution in [3.8, 4) is 0 Å². The lowest BCUT2D eigenvalue weighted by Gasteiger charge is -2.16. The second-order valence-corrected chi connectivity index (χ2v) is 4.57. The van der Waals surface area contributed by atoms with E-state index in [1.54, 1.807) is 18.5 Å². The summed E-state index contributed by atoms with van der Waals surface area (Å²) >= 11 is 3.31. The highest BCUT2D eigenvalue weighted by Crippen LogP contribution is 2.17. The van der Waals surface area contributed by atoms with Gasteiger partial charge in [0, 0.05) is 28.3 Å². The molecule has 0 saturated heterocycles. The van der Waals surface area contributed by atoms with E-state index in [-0.39, 0.29) is 5.97 Å². The fraction of sp³-hybridized carbons (Fsp3) is 0.455. The fourth-order valence-electron chi connectivity index (χ4n) is 1.48. The summed E-state index contributed by atoms with van der Waals surface area (Å²) in [7, 11) is 1.34. The van der Waals surface area contributed by atoms with E-state index in [2.05, 4.69) is 36.3 Å². The van der Waals surface area contributed by atoms with Crippen LogP contribution in [0.3, 0.4) is 0 Å². The lowest BCUT2D eigenvalue weighted by atomic mass is 10.1. The summed E-state index contributed by atoms with van der Waals surface area (Å²) in [6, 6.07) is 1.22. The van der Waals surface area contributed by atoms with Gasteiger partial charge in [0.2, 0.25) is 0 Å². The topological polar surface area (TPSA) is 100.0 Å². The number of ether oxygens (including phenoxy) is 1. The first kappa shape index (κ1) is 15.4. The van der Waals surface area contributed by atoms with Crippen LogP contribution in [-0.2, 0) is 9.53 Å². The van der Waals surface area contributed by atoms with Gasteiger partial charge in [0.1, 0.15) is 6.04 Å². The number of aromatic nitrogens is 1. The second-order valence-electron chi connectivity index (χ2n) is 3.65. The zero-order valence-corrected chi connectivity index (χ0v) is 12.0. The number of nitrogens with one attached hydrogen (secondary N) is 1. The van der Waals surface area contributed by atoms with Gasteiger partial charge in [-0.25, -0.2) is 4.79 Å². The van der Waals surface area contributed by atoms with E-state index < -0.39 is 6.04 Å². The third kappa shape index (κ3) is 5.25. The van der Waals surface area contributed by atoms with Gasteiger partial charge >= 0.3 is 5.97 Å². The van der Waals surface area contributed by atoms with Crippen molar-refractivity contribution in [2.24, 2.45) is 5.11 Å². The van der Waals surface area contributed by atoms with Gasteiger partial charge in [-0.05, 0) is 46.1 Å². The highest BCUT2D eigenvalue weighted by molar-refractivity contribution is 9.10. The van der Waals surface area contributed by atoms with Gasteiger partial charge in [-0.2, -0.15) is 0 Å². The number of methoxy groups -OCH3 is 1. The number of carbonyl (C=O) groups excluding carboxylic acids is 1. The molecule has 7 nitrogen and oxygen atoms in total. The van der Waals surface area contributed by atoms with Crippen molar-refractivity contribution < 1.29 is 9.53 Å². The van der Waals surface area contributed by atoms with Crippen LogP contribution in [0.4, 0.5) is 0 Å². The Kier molecular flexibility index (Phi) is 6.88. The van der Waals surface area contributed by atoms with Gasteiger partial charge in [0.05, 0.1) is 7.11 Å². The van der Waals surface area contributed by atoms with E-state index in [1.807, 2.05) is 0 Å². The zero-order valence-electron chi connectivity index (χ0n) is 10.4. The number of azide groups is 1. The highest BCUT2D eigenvalue weighted by atomic mass is 79.9. The van der Waals surface area contributed by atoms with Crippen LogP contribution in [0.25, 0.3) is 10.4 Å². The molecule has 1 unspecified atom stereocenters. The van der Waals surface area contributed by atoms with Crippen LogP contribution in [0, 0.1) is 0 Å². The zero-order chi connectivity index (χ0) is 14.1. The molecule has 1 rings (SSSR count). The lowest BCUT2D eigenvalue weighted by Crippen LogP contribution is -2.30. The van der Waals surface area contributed by atoms with E-state index in [4.69, 9.17) is 10.3 Å². The van der Waals surface area contributed by atoms with Crippen molar-refractivity contribution in [1.82, 2.24) is 10.3 Å². The molecule has 8 heteroatoms. The average Bonchev–Trinajstić information content (AvgIpc) is 2.42. The molecule has 102 valence electrons. The van der Waals surface area contributed by atoms with Gasteiger partial charge in [0.25, 0.3) is 0 Å². The van der Waals surface area contributed by atoms with Gasteiger partial charge in [0.15, 0.2) is 0 Å². The summed E-state index contributed by atoms with van der Waals surface area (Å²) in [6.45, 7) is 0.916. The van der Waals surface area contributed by atoms with Crippen molar-refractivity contribution in [3.05, 3.63) is 38.9 Å². The van der Waals surface area contributed by atoms with Crippen LogP contribution in [0.5, 0.6) is 0 Å². The summed E-state index contributed by atoms with van der Waals surface area (Å²) in [5, 5.41) is 6.48. The highest BCUT2D eigenvalue weighted by Gasteiger charge is 2.20. The Morgan fingerprint density at radius 3 is 3.11 bits per heavy atom.